The van der Waals surface area contributed by atoms with E-state index in [0.717, 1.165) is 17.3 Å². The van der Waals surface area contributed by atoms with Gasteiger partial charge in [-0.25, -0.2) is 17.4 Å². The third-order valence-corrected chi connectivity index (χ3v) is 8.17. The molecule has 1 aromatic carbocycles. The monoisotopic (exact) mass is 430 g/mol. The molecular weight excluding hydrogens is 407 g/mol. The van der Waals surface area contributed by atoms with Crippen LogP contribution >= 0.6 is 11.6 Å². The molecule has 2 aromatic heterocycles. The Labute approximate surface area is 177 Å². The molecule has 0 bridgehead atoms. The van der Waals surface area contributed by atoms with E-state index in [1.165, 1.54) is 10.2 Å². The Morgan fingerprint density at radius 2 is 1.83 bits per heavy atom. The molecule has 0 aliphatic carbocycles. The van der Waals surface area contributed by atoms with E-state index in [1.807, 2.05) is 6.92 Å². The molecule has 0 unspecified atom stereocenters. The SMILES string of the molecule is Cc1ccc(S(=O)(=O)n2cc(B3CC(C)(C)C(C)(C)O3)c3cc(Cl)cnc32)cc1. The van der Waals surface area contributed by atoms with Gasteiger partial charge in [0.25, 0.3) is 10.0 Å². The van der Waals surface area contributed by atoms with Gasteiger partial charge >= 0.3 is 6.92 Å². The number of benzene rings is 1. The number of halogens is 1. The van der Waals surface area contributed by atoms with E-state index in [0.29, 0.717) is 16.1 Å². The molecule has 0 spiro atoms. The molecule has 1 fully saturated rings. The first-order valence-electron chi connectivity index (χ1n) is 9.59. The average molecular weight is 431 g/mol. The lowest BCUT2D eigenvalue weighted by Crippen LogP contribution is -2.36. The molecule has 0 amide bonds. The summed E-state index contributed by atoms with van der Waals surface area (Å²) in [6.07, 6.45) is 3.89. The molecule has 0 atom stereocenters. The van der Waals surface area contributed by atoms with Gasteiger partial charge in [0.15, 0.2) is 5.65 Å². The Bertz CT molecular complexity index is 1180. The number of pyridine rings is 1. The molecule has 0 N–H and O–H groups in total. The summed E-state index contributed by atoms with van der Waals surface area (Å²) in [4.78, 5) is 4.57. The zero-order valence-corrected chi connectivity index (χ0v) is 18.8. The fraction of sp³-hybridized carbons (Fsp3) is 0.381. The zero-order chi connectivity index (χ0) is 21.2. The molecule has 1 aliphatic rings. The van der Waals surface area contributed by atoms with Gasteiger partial charge in [-0.2, -0.15) is 0 Å². The van der Waals surface area contributed by atoms with Gasteiger partial charge in [0.05, 0.1) is 15.5 Å². The highest BCUT2D eigenvalue weighted by Gasteiger charge is 2.50. The van der Waals surface area contributed by atoms with E-state index < -0.39 is 10.0 Å². The fourth-order valence-electron chi connectivity index (χ4n) is 3.78. The van der Waals surface area contributed by atoms with Crippen LogP contribution in [0.25, 0.3) is 11.0 Å². The molecule has 0 saturated carbocycles. The van der Waals surface area contributed by atoms with Gasteiger partial charge in [-0.15, -0.1) is 0 Å². The molecule has 4 rings (SSSR count). The van der Waals surface area contributed by atoms with Gasteiger partial charge in [-0.05, 0) is 56.2 Å². The maximum atomic E-state index is 13.4. The Kier molecular flexibility index (Phi) is 4.65. The summed E-state index contributed by atoms with van der Waals surface area (Å²) >= 11 is 6.21. The summed E-state index contributed by atoms with van der Waals surface area (Å²) in [5, 5.41) is 1.16. The topological polar surface area (TPSA) is 61.2 Å². The maximum absolute atomic E-state index is 13.4. The van der Waals surface area contributed by atoms with Crippen molar-refractivity contribution in [3.63, 3.8) is 0 Å². The normalized spacial score (nSPS) is 18.5. The average Bonchev–Trinajstić information content (AvgIpc) is 3.09. The van der Waals surface area contributed by atoms with Crippen LogP contribution in [0.3, 0.4) is 0 Å². The van der Waals surface area contributed by atoms with Crippen LogP contribution in [-0.2, 0) is 14.7 Å². The molecular formula is C21H24BClN2O3S. The number of hydrogen-bond donors (Lipinski definition) is 0. The highest BCUT2D eigenvalue weighted by Crippen LogP contribution is 2.45. The summed E-state index contributed by atoms with van der Waals surface area (Å²) in [7, 11) is -3.81. The van der Waals surface area contributed by atoms with Gasteiger partial charge in [0.1, 0.15) is 0 Å². The number of rotatable bonds is 3. The summed E-state index contributed by atoms with van der Waals surface area (Å²) < 4.78 is 34.4. The number of aryl methyl sites for hydroxylation is 1. The van der Waals surface area contributed by atoms with E-state index in [2.05, 4.69) is 32.7 Å². The predicted octanol–water partition coefficient (Wildman–Crippen LogP) is 4.27. The second kappa shape index (κ2) is 6.59. The van der Waals surface area contributed by atoms with E-state index in [1.54, 1.807) is 36.5 Å². The van der Waals surface area contributed by atoms with Crippen molar-refractivity contribution in [3.05, 3.63) is 53.3 Å². The lowest BCUT2D eigenvalue weighted by molar-refractivity contribution is 0.0376. The zero-order valence-electron chi connectivity index (χ0n) is 17.2. The van der Waals surface area contributed by atoms with Crippen molar-refractivity contribution in [1.82, 2.24) is 8.96 Å². The van der Waals surface area contributed by atoms with Crippen molar-refractivity contribution in [2.24, 2.45) is 5.41 Å². The third-order valence-electron chi connectivity index (χ3n) is 6.30. The largest absolute Gasteiger partial charge is 0.425 e. The van der Waals surface area contributed by atoms with Crippen molar-refractivity contribution in [2.45, 2.75) is 51.4 Å². The fourth-order valence-corrected chi connectivity index (χ4v) is 5.27. The predicted molar refractivity (Wildman–Crippen MR) is 118 cm³/mol. The Balaban J connectivity index is 1.91. The van der Waals surface area contributed by atoms with Crippen molar-refractivity contribution in [1.29, 1.82) is 0 Å². The van der Waals surface area contributed by atoms with Crippen LogP contribution in [-0.4, -0.2) is 29.9 Å². The van der Waals surface area contributed by atoms with E-state index >= 15 is 0 Å². The van der Waals surface area contributed by atoms with Gasteiger partial charge in [-0.1, -0.05) is 43.1 Å². The lowest BCUT2D eigenvalue weighted by atomic mass is 9.54. The molecule has 152 valence electrons. The summed E-state index contributed by atoms with van der Waals surface area (Å²) in [6.45, 7) is 10.2. The third kappa shape index (κ3) is 3.29. The molecule has 8 heteroatoms. The van der Waals surface area contributed by atoms with Crippen molar-refractivity contribution in [3.8, 4) is 0 Å². The van der Waals surface area contributed by atoms with Gasteiger partial charge in [0.2, 0.25) is 0 Å². The molecule has 1 aliphatic heterocycles. The number of aromatic nitrogens is 2. The highest BCUT2D eigenvalue weighted by molar-refractivity contribution is 7.90. The Hall–Kier alpha value is -1.83. The summed E-state index contributed by atoms with van der Waals surface area (Å²) in [5.74, 6) is 0. The van der Waals surface area contributed by atoms with Gasteiger partial charge in [-0.3, -0.25) is 0 Å². The van der Waals surface area contributed by atoms with Crippen LogP contribution in [0.15, 0.2) is 47.6 Å². The maximum Gasteiger partial charge on any atom is 0.330 e. The van der Waals surface area contributed by atoms with Gasteiger partial charge < -0.3 is 4.65 Å². The first-order chi connectivity index (χ1) is 13.4. The molecule has 3 heterocycles. The minimum Gasteiger partial charge on any atom is -0.425 e. The van der Waals surface area contributed by atoms with Crippen LogP contribution in [0.4, 0.5) is 0 Å². The minimum atomic E-state index is -3.81. The van der Waals surface area contributed by atoms with E-state index in [9.17, 15) is 8.42 Å². The first kappa shape index (κ1) is 20.4. The van der Waals surface area contributed by atoms with Crippen LogP contribution in [0, 0.1) is 12.3 Å². The lowest BCUT2D eigenvalue weighted by Gasteiger charge is -2.34. The van der Waals surface area contributed by atoms with Crippen molar-refractivity contribution < 1.29 is 13.1 Å². The molecule has 3 aromatic rings. The molecule has 29 heavy (non-hydrogen) atoms. The second-order valence-corrected chi connectivity index (χ2v) is 11.2. The first-order valence-corrected chi connectivity index (χ1v) is 11.4. The van der Waals surface area contributed by atoms with E-state index in [4.69, 9.17) is 16.3 Å². The Morgan fingerprint density at radius 3 is 2.41 bits per heavy atom. The number of fused-ring (bicyclic) bond motifs is 1. The quantitative estimate of drug-likeness (QED) is 0.582. The van der Waals surface area contributed by atoms with Crippen molar-refractivity contribution >= 4 is 45.0 Å². The van der Waals surface area contributed by atoms with Crippen LogP contribution in [0.2, 0.25) is 11.3 Å². The van der Waals surface area contributed by atoms with Crippen LogP contribution in [0.1, 0.15) is 33.3 Å². The molecule has 5 nitrogen and oxygen atoms in total. The number of hydrogen-bond acceptors (Lipinski definition) is 4. The van der Waals surface area contributed by atoms with Crippen LogP contribution in [0.5, 0.6) is 0 Å². The molecule has 1 saturated heterocycles. The second-order valence-electron chi connectivity index (χ2n) is 8.93. The molecule has 0 radical (unpaired) electrons. The summed E-state index contributed by atoms with van der Waals surface area (Å²) in [5.41, 5.74) is 1.75. The summed E-state index contributed by atoms with van der Waals surface area (Å²) in [6, 6.07) is 8.57. The Morgan fingerprint density at radius 1 is 1.17 bits per heavy atom. The standard InChI is InChI=1S/C21H24BClN2O3S/c1-14-6-8-16(9-7-14)29(26,27)25-12-18(17-10-15(23)11-24-19(17)25)22-13-20(2,3)21(4,5)28-22/h6-12H,13H2,1-5H3. The minimum absolute atomic E-state index is 0.0616. The van der Waals surface area contributed by atoms with Crippen LogP contribution < -0.4 is 5.46 Å². The smallest absolute Gasteiger partial charge is 0.330 e. The highest BCUT2D eigenvalue weighted by atomic mass is 35.5. The number of nitrogens with zero attached hydrogens (tertiary/aromatic N) is 2. The van der Waals surface area contributed by atoms with Gasteiger partial charge in [0, 0.05) is 17.8 Å². The van der Waals surface area contributed by atoms with E-state index in [-0.39, 0.29) is 22.8 Å². The van der Waals surface area contributed by atoms with Crippen molar-refractivity contribution in [2.75, 3.05) is 0 Å².